The third-order valence-electron chi connectivity index (χ3n) is 27.9. The highest BCUT2D eigenvalue weighted by atomic mass is 35.5. The van der Waals surface area contributed by atoms with Crippen LogP contribution in [-0.4, -0.2) is 199 Å². The van der Waals surface area contributed by atoms with Gasteiger partial charge in [-0.3, -0.25) is 48.5 Å². The van der Waals surface area contributed by atoms with E-state index in [1.165, 1.54) is 68.4 Å². The monoisotopic (exact) mass is 1910 g/mol. The van der Waals surface area contributed by atoms with Gasteiger partial charge in [-0.2, -0.15) is 0 Å². The minimum absolute atomic E-state index is 0.0278. The van der Waals surface area contributed by atoms with E-state index in [1.807, 2.05) is 20.8 Å². The predicted octanol–water partition coefficient (Wildman–Crippen LogP) is 8.79. The SMILES string of the molecule is CCCCCCS(=O)(=O)NCCCCNCc1c(O)cc2c(c1O)-c1cc(ccc1O)[C@H]1CC(=O)[C@@H]3NC(=O)[C@H](CC(=O)NC(=O)CC4CC4)CC(=O)[C@H](NC(=O)[C@H](CC)CC(C)C)[C@H](O)c4ccc(c(Cl)c4)Oc4cc3cc(c4O[C@@H]3O[C@H](CO)[C@@H](O)[C@H](O)[C@H]3O[C@H]3C[C@](C)(N)[C@H](O)[C@H](C)O3)Oc3ccc(cc3Cl)[C@@H](O)[C@H](NC1=O)C(=O)N[C@@H]2C(=O)CC1C2CC3CC(C2)CC1C3. The summed E-state index contributed by atoms with van der Waals surface area (Å²) in [5, 5.41) is 126. The topological polar surface area (TPSA) is 535 Å². The zero-order chi connectivity index (χ0) is 95.5. The van der Waals surface area contributed by atoms with E-state index < -0.39 is 232 Å². The maximum Gasteiger partial charge on any atom is 0.246 e. The summed E-state index contributed by atoms with van der Waals surface area (Å²) in [5.41, 5.74) is 3.25. The molecule has 7 fully saturated rings. The number of aliphatic hydroxyl groups excluding tert-OH is 6. The highest BCUT2D eigenvalue weighted by Gasteiger charge is 2.54. The molecule has 12 aliphatic rings. The number of benzene rings is 5. The number of Topliss-reactive ketones (excluding diaryl/α,β-unsaturated/α-hetero) is 3. The number of amides is 6. The van der Waals surface area contributed by atoms with Crippen LogP contribution in [0.2, 0.25) is 10.0 Å². The number of phenolic OH excluding ortho intramolecular Hbond substituents is 3. The van der Waals surface area contributed by atoms with Gasteiger partial charge in [-0.1, -0.05) is 88.4 Å². The quantitative estimate of drug-likeness (QED) is 0.0191. The van der Waals surface area contributed by atoms with Crippen LogP contribution in [0.5, 0.6) is 46.0 Å². The second-order valence-corrected chi connectivity index (χ2v) is 41.3. The number of ketones is 3. The number of sulfonamides is 1. The summed E-state index contributed by atoms with van der Waals surface area (Å²) in [6.45, 7) is 9.64. The molecule has 7 heterocycles. The first-order chi connectivity index (χ1) is 63.3. The molecule has 2 saturated heterocycles. The van der Waals surface area contributed by atoms with Gasteiger partial charge >= 0.3 is 0 Å². The number of aromatic hydroxyl groups is 3. The van der Waals surface area contributed by atoms with E-state index in [0.29, 0.717) is 50.4 Å². The number of imide groups is 1. The smallest absolute Gasteiger partial charge is 0.246 e. The van der Waals surface area contributed by atoms with Crippen molar-refractivity contribution in [3.05, 3.63) is 116 Å². The fraction of sp³-hybridized carbons (Fsp3) is 0.594. The van der Waals surface area contributed by atoms with Crippen molar-refractivity contribution in [1.29, 1.82) is 0 Å². The Bertz CT molecular complexity index is 5260. The second-order valence-electron chi connectivity index (χ2n) is 38.6. The number of nitrogens with two attached hydrogens (primary N) is 1. The second kappa shape index (κ2) is 42.7. The Hall–Kier alpha value is -9.02. The summed E-state index contributed by atoms with van der Waals surface area (Å²) in [5.74, 6) is -17.2. The predicted molar refractivity (Wildman–Crippen MR) is 484 cm³/mol. The molecule has 5 saturated carbocycles. The molecule has 5 aromatic rings. The molecule has 7 aliphatic heterocycles. The van der Waals surface area contributed by atoms with Crippen LogP contribution in [0, 0.1) is 53.3 Å². The third-order valence-corrected chi connectivity index (χ3v) is 30.0. The first-order valence-electron chi connectivity index (χ1n) is 46.5. The molecule has 18 N–H and O–H groups in total. The minimum atomic E-state index is -3.56. The lowest BCUT2D eigenvalue weighted by atomic mass is 9.51. The van der Waals surface area contributed by atoms with E-state index in [1.54, 1.807) is 6.92 Å². The summed E-state index contributed by atoms with van der Waals surface area (Å²) >= 11 is 14.6. The Morgan fingerprint density at radius 1 is 0.684 bits per heavy atom. The van der Waals surface area contributed by atoms with E-state index in [9.17, 15) is 68.8 Å². The molecule has 0 aromatic heterocycles. The molecule has 15 bridgehead atoms. The summed E-state index contributed by atoms with van der Waals surface area (Å²) in [4.78, 5) is 140. The first kappa shape index (κ1) is 99.9. The number of carbonyl (C=O) groups is 9. The lowest BCUT2D eigenvalue weighted by Gasteiger charge is -2.54. The molecule has 0 unspecified atom stereocenters. The van der Waals surface area contributed by atoms with Crippen molar-refractivity contribution < 1.29 is 126 Å². The van der Waals surface area contributed by atoms with E-state index in [0.717, 1.165) is 69.6 Å². The highest BCUT2D eigenvalue weighted by molar-refractivity contribution is 7.89. The summed E-state index contributed by atoms with van der Waals surface area (Å²) in [6, 6.07) is 6.17. The molecule has 5 aromatic carbocycles. The molecule has 6 amide bonds. The number of aliphatic hydroxyl groups is 6. The summed E-state index contributed by atoms with van der Waals surface area (Å²) in [6.07, 6.45) is -10.6. The van der Waals surface area contributed by atoms with Crippen LogP contribution in [0.15, 0.2) is 72.8 Å². The van der Waals surface area contributed by atoms with Crippen LogP contribution >= 0.6 is 23.2 Å². The molecular formula is C96H124Cl2N8O26S. The number of hydrogen-bond acceptors (Lipinski definition) is 28. The first-order valence-corrected chi connectivity index (χ1v) is 49.0. The fourth-order valence-corrected chi connectivity index (χ4v) is 22.3. The Morgan fingerprint density at radius 3 is 1.95 bits per heavy atom. The molecule has 5 aliphatic carbocycles. The van der Waals surface area contributed by atoms with Crippen LogP contribution in [0.1, 0.15) is 240 Å². The van der Waals surface area contributed by atoms with Crippen molar-refractivity contribution in [3.8, 4) is 57.1 Å². The molecule has 0 radical (unpaired) electrons. The standard InChI is InChI=1S/C96H124Cl2N8O26S/c1-7-9-10-13-24-133(125,126)101-23-12-11-22-100-43-62-66(109)41-61-78(85(62)117)60-32-51(16-19-65(60)108)59-40-68(111)79-56-36-72(128-70-20-17-52(33-63(70)97)83(115)81(105-91(121)50(8-2)25-45(3)4)67(110)35-57(92(122)103-79)38-76(114)102-75(113)31-47-14-15-47)88(132-95-89(87(119)86(118)74(44-107)130-95)131-77-42-96(6,99)90(120)46(5)127-77)73(37-56)129-71-21-18-53(34-64(71)98)84(116)82(106-93(59)123)94(124)104-80(61)69(112)39-58-54-27-48-26-49(29-54)30-55(58)28-48/h16-21,32-34,36-37,41,45-50,54-55,57-59,74,77,79-84,86-87,89-90,95,100-101,107-109,115-120H,7-15,22-31,35,38-40,42-44,99H2,1-6H3,(H,103,122)(H,104,124)(H,105,121)(H,106,123)(H,102,113,114)/t46-,48?,49?,50+,54?,55?,57-,58?,59+,74+,77-,79+,80-,81-,82-,83+,84+,86+,87-,89+,90+,95-,96-/m0/s1. The normalized spacial score (nSPS) is 30.1. The average molecular weight is 1910 g/mol. The number of hydrogen-bond donors (Lipinski definition) is 17. The number of ether oxygens (including phenoxy) is 6. The van der Waals surface area contributed by atoms with Gasteiger partial charge in [-0.25, -0.2) is 13.1 Å². The molecule has 37 heteroatoms. The van der Waals surface area contributed by atoms with Gasteiger partial charge in [0.15, 0.2) is 41.2 Å². The largest absolute Gasteiger partial charge is 0.507 e. The van der Waals surface area contributed by atoms with Gasteiger partial charge in [0, 0.05) is 74.2 Å². The Morgan fingerprint density at radius 2 is 1.33 bits per heavy atom. The fourth-order valence-electron chi connectivity index (χ4n) is 20.7. The van der Waals surface area contributed by atoms with Crippen molar-refractivity contribution in [1.82, 2.24) is 36.6 Å². The minimum Gasteiger partial charge on any atom is -0.507 e. The molecule has 34 nitrogen and oxygen atoms in total. The highest BCUT2D eigenvalue weighted by Crippen LogP contribution is 2.59. The van der Waals surface area contributed by atoms with E-state index in [4.69, 9.17) is 57.4 Å². The van der Waals surface area contributed by atoms with Gasteiger partial charge in [-0.15, -0.1) is 0 Å². The van der Waals surface area contributed by atoms with E-state index in [2.05, 4.69) is 36.6 Å². The maximum absolute atomic E-state index is 17.0. The zero-order valence-electron chi connectivity index (χ0n) is 75.4. The van der Waals surface area contributed by atoms with Crippen LogP contribution < -0.4 is 56.6 Å². The third kappa shape index (κ3) is 23.3. The number of rotatable bonds is 30. The molecule has 18 atom stereocenters. The van der Waals surface area contributed by atoms with Crippen molar-refractivity contribution in [2.45, 2.75) is 280 Å². The summed E-state index contributed by atoms with van der Waals surface area (Å²) < 4.78 is 67.7. The van der Waals surface area contributed by atoms with Crippen molar-refractivity contribution in [3.63, 3.8) is 0 Å². The van der Waals surface area contributed by atoms with Gasteiger partial charge < -0.3 is 107 Å². The van der Waals surface area contributed by atoms with Crippen LogP contribution in [-0.2, 0) is 73.9 Å². The zero-order valence-corrected chi connectivity index (χ0v) is 77.7. The van der Waals surface area contributed by atoms with Crippen LogP contribution in [0.4, 0.5) is 0 Å². The van der Waals surface area contributed by atoms with Gasteiger partial charge in [0.2, 0.25) is 57.5 Å². The number of nitrogens with one attached hydrogen (secondary N) is 7. The number of unbranched alkanes of at least 4 members (excludes halogenated alkanes) is 4. The van der Waals surface area contributed by atoms with Crippen molar-refractivity contribution >= 4 is 86.0 Å². The van der Waals surface area contributed by atoms with Crippen molar-refractivity contribution in [2.75, 3.05) is 25.4 Å². The lowest BCUT2D eigenvalue weighted by Crippen LogP contribution is -2.64. The molecule has 724 valence electrons. The lowest BCUT2D eigenvalue weighted by molar-refractivity contribution is -0.333. The summed E-state index contributed by atoms with van der Waals surface area (Å²) in [7, 11) is -3.56. The average Bonchev–Trinajstić information content (AvgIpc) is 1.23. The Kier molecular flexibility index (Phi) is 32.1. The molecule has 133 heavy (non-hydrogen) atoms. The van der Waals surface area contributed by atoms with Crippen LogP contribution in [0.25, 0.3) is 11.1 Å². The molecular weight excluding hydrogens is 1780 g/mol. The molecule has 0 spiro atoms. The van der Waals surface area contributed by atoms with Gasteiger partial charge in [0.25, 0.3) is 0 Å². The number of carbonyl (C=O) groups excluding carboxylic acids is 9. The molecule has 17 rings (SSSR count). The number of phenols is 3. The van der Waals surface area contributed by atoms with Gasteiger partial charge in [0.1, 0.15) is 83.4 Å². The maximum atomic E-state index is 17.0. The van der Waals surface area contributed by atoms with Gasteiger partial charge in [-0.05, 0) is 221 Å². The van der Waals surface area contributed by atoms with Crippen molar-refractivity contribution in [2.24, 2.45) is 59.0 Å². The van der Waals surface area contributed by atoms with Crippen LogP contribution in [0.3, 0.4) is 0 Å². The Balaban J connectivity index is 0.949. The Labute approximate surface area is 782 Å². The van der Waals surface area contributed by atoms with Gasteiger partial charge in [0.05, 0.1) is 52.0 Å². The van der Waals surface area contributed by atoms with E-state index >= 15 is 28.8 Å². The van der Waals surface area contributed by atoms with E-state index in [-0.39, 0.29) is 147 Å². The number of halogens is 2. The number of fused-ring (bicyclic) bond motifs is 15.